The monoisotopic (exact) mass is 374 g/mol. The second-order valence-electron chi connectivity index (χ2n) is 6.00. The van der Waals surface area contributed by atoms with E-state index >= 15 is 0 Å². The van der Waals surface area contributed by atoms with Gasteiger partial charge in [0.25, 0.3) is 5.89 Å². The van der Waals surface area contributed by atoms with E-state index in [4.69, 9.17) is 10.3 Å². The maximum Gasteiger partial charge on any atom is 0.258 e. The number of pyridine rings is 1. The molecular weight excluding hydrogens is 360 g/mol. The predicted molar refractivity (Wildman–Crippen MR) is 89.9 cm³/mol. The molecule has 7 heteroatoms. The Labute approximate surface area is 140 Å². The maximum atomic E-state index is 12.0. The Hall–Kier alpha value is -1.99. The number of fused-ring (bicyclic) bond motifs is 1. The fraction of sp³-hybridized carbons (Fsp3) is 0.312. The van der Waals surface area contributed by atoms with Gasteiger partial charge in [-0.3, -0.25) is 4.79 Å². The summed E-state index contributed by atoms with van der Waals surface area (Å²) >= 11 is 3.45. The second-order valence-corrected chi connectivity index (χ2v) is 6.85. The van der Waals surface area contributed by atoms with Crippen molar-refractivity contribution in [1.82, 2.24) is 15.1 Å². The van der Waals surface area contributed by atoms with E-state index in [0.29, 0.717) is 22.8 Å². The molecule has 0 amide bonds. The molecule has 2 aromatic heterocycles. The van der Waals surface area contributed by atoms with Crippen molar-refractivity contribution in [2.75, 3.05) is 0 Å². The average Bonchev–Trinajstić information content (AvgIpc) is 3.17. The van der Waals surface area contributed by atoms with E-state index < -0.39 is 5.54 Å². The molecule has 1 aliphatic rings. The first-order valence-corrected chi connectivity index (χ1v) is 8.31. The first-order chi connectivity index (χ1) is 11.1. The van der Waals surface area contributed by atoms with E-state index in [2.05, 4.69) is 31.1 Å². The Morgan fingerprint density at radius 1 is 1.30 bits per heavy atom. The van der Waals surface area contributed by atoms with Crippen LogP contribution in [0, 0.1) is 0 Å². The van der Waals surface area contributed by atoms with E-state index in [0.717, 1.165) is 35.5 Å². The SMILES string of the molecule is NC1(c2noc(-c3cc(=O)[nH]c4c(Br)cccc34)n2)CCCC1. The topological polar surface area (TPSA) is 97.8 Å². The molecule has 1 saturated carbocycles. The molecule has 0 bridgehead atoms. The summed E-state index contributed by atoms with van der Waals surface area (Å²) in [6, 6.07) is 7.15. The van der Waals surface area contributed by atoms with Gasteiger partial charge in [0.2, 0.25) is 5.56 Å². The minimum absolute atomic E-state index is 0.220. The molecule has 0 radical (unpaired) electrons. The molecule has 1 aliphatic carbocycles. The number of aromatic nitrogens is 3. The Morgan fingerprint density at radius 2 is 2.09 bits per heavy atom. The number of nitrogens with zero attached hydrogens (tertiary/aromatic N) is 2. The first-order valence-electron chi connectivity index (χ1n) is 7.52. The molecule has 1 aromatic carbocycles. The Bertz CT molecular complexity index is 941. The van der Waals surface area contributed by atoms with Crippen molar-refractivity contribution in [3.63, 3.8) is 0 Å². The summed E-state index contributed by atoms with van der Waals surface area (Å²) in [4.78, 5) is 19.3. The summed E-state index contributed by atoms with van der Waals surface area (Å²) in [5.41, 5.74) is 6.97. The van der Waals surface area contributed by atoms with Gasteiger partial charge in [-0.25, -0.2) is 0 Å². The summed E-state index contributed by atoms with van der Waals surface area (Å²) in [6.45, 7) is 0. The number of halogens is 1. The van der Waals surface area contributed by atoms with Crippen LogP contribution in [0.15, 0.2) is 38.1 Å². The van der Waals surface area contributed by atoms with Crippen LogP contribution in [0.4, 0.5) is 0 Å². The zero-order chi connectivity index (χ0) is 16.0. The minimum Gasteiger partial charge on any atom is -0.334 e. The van der Waals surface area contributed by atoms with Gasteiger partial charge >= 0.3 is 0 Å². The van der Waals surface area contributed by atoms with Crippen LogP contribution in [-0.2, 0) is 5.54 Å². The molecule has 3 aromatic rings. The van der Waals surface area contributed by atoms with Gasteiger partial charge in [-0.2, -0.15) is 4.98 Å². The molecule has 0 atom stereocenters. The van der Waals surface area contributed by atoms with Crippen LogP contribution in [0.3, 0.4) is 0 Å². The number of hydrogen-bond donors (Lipinski definition) is 2. The van der Waals surface area contributed by atoms with Gasteiger partial charge < -0.3 is 15.2 Å². The number of nitrogens with two attached hydrogens (primary N) is 1. The first kappa shape index (κ1) is 14.6. The number of nitrogens with one attached hydrogen (secondary N) is 1. The lowest BCUT2D eigenvalue weighted by molar-refractivity contribution is 0.373. The van der Waals surface area contributed by atoms with Gasteiger partial charge in [-0.1, -0.05) is 30.1 Å². The zero-order valence-electron chi connectivity index (χ0n) is 12.3. The van der Waals surface area contributed by atoms with Crippen molar-refractivity contribution >= 4 is 26.8 Å². The van der Waals surface area contributed by atoms with Crippen LogP contribution >= 0.6 is 15.9 Å². The van der Waals surface area contributed by atoms with E-state index in [1.165, 1.54) is 6.07 Å². The lowest BCUT2D eigenvalue weighted by Gasteiger charge is -2.17. The highest BCUT2D eigenvalue weighted by Gasteiger charge is 2.36. The van der Waals surface area contributed by atoms with E-state index in [9.17, 15) is 4.79 Å². The van der Waals surface area contributed by atoms with Crippen molar-refractivity contribution in [2.24, 2.45) is 5.73 Å². The quantitative estimate of drug-likeness (QED) is 0.718. The van der Waals surface area contributed by atoms with Crippen molar-refractivity contribution in [3.8, 4) is 11.5 Å². The third-order valence-corrected chi connectivity index (χ3v) is 5.09. The molecule has 2 heterocycles. The molecule has 0 aliphatic heterocycles. The summed E-state index contributed by atoms with van der Waals surface area (Å²) in [7, 11) is 0. The highest BCUT2D eigenvalue weighted by atomic mass is 79.9. The smallest absolute Gasteiger partial charge is 0.258 e. The molecule has 0 spiro atoms. The normalized spacial score (nSPS) is 17.0. The van der Waals surface area contributed by atoms with Crippen LogP contribution < -0.4 is 11.3 Å². The third-order valence-electron chi connectivity index (χ3n) is 4.42. The lowest BCUT2D eigenvalue weighted by atomic mass is 9.98. The summed E-state index contributed by atoms with van der Waals surface area (Å²) in [5, 5.41) is 4.91. The molecule has 4 rings (SSSR count). The van der Waals surface area contributed by atoms with Crippen LogP contribution in [0.1, 0.15) is 31.5 Å². The van der Waals surface area contributed by atoms with Gasteiger partial charge in [0, 0.05) is 15.9 Å². The Morgan fingerprint density at radius 3 is 2.87 bits per heavy atom. The standard InChI is InChI=1S/C16H15BrN4O2/c17-11-5-3-4-9-10(8-12(22)19-13(9)11)14-20-15(21-23-14)16(18)6-1-2-7-16/h3-5,8H,1-2,6-7,18H2,(H,19,22). The fourth-order valence-electron chi connectivity index (χ4n) is 3.19. The molecule has 3 N–H and O–H groups in total. The largest absolute Gasteiger partial charge is 0.334 e. The highest BCUT2D eigenvalue weighted by Crippen LogP contribution is 2.36. The number of H-pyrrole nitrogens is 1. The number of rotatable bonds is 2. The lowest BCUT2D eigenvalue weighted by Crippen LogP contribution is -2.34. The van der Waals surface area contributed by atoms with Gasteiger partial charge in [-0.15, -0.1) is 0 Å². The van der Waals surface area contributed by atoms with Gasteiger partial charge in [0.1, 0.15) is 0 Å². The van der Waals surface area contributed by atoms with Crippen molar-refractivity contribution in [2.45, 2.75) is 31.2 Å². The van der Waals surface area contributed by atoms with E-state index in [1.807, 2.05) is 18.2 Å². The third kappa shape index (κ3) is 2.40. The summed E-state index contributed by atoms with van der Waals surface area (Å²) in [6.07, 6.45) is 3.85. The number of aromatic amines is 1. The fourth-order valence-corrected chi connectivity index (χ4v) is 3.65. The van der Waals surface area contributed by atoms with Crippen LogP contribution in [0.2, 0.25) is 0 Å². The Balaban J connectivity index is 1.89. The van der Waals surface area contributed by atoms with E-state index in [1.54, 1.807) is 0 Å². The van der Waals surface area contributed by atoms with Crippen molar-refractivity contribution in [1.29, 1.82) is 0 Å². The van der Waals surface area contributed by atoms with E-state index in [-0.39, 0.29) is 5.56 Å². The number of hydrogen-bond acceptors (Lipinski definition) is 5. The van der Waals surface area contributed by atoms with Crippen molar-refractivity contribution in [3.05, 3.63) is 44.9 Å². The van der Waals surface area contributed by atoms with Crippen LogP contribution in [0.5, 0.6) is 0 Å². The minimum atomic E-state index is -0.515. The highest BCUT2D eigenvalue weighted by molar-refractivity contribution is 9.10. The zero-order valence-corrected chi connectivity index (χ0v) is 13.9. The molecule has 0 saturated heterocycles. The molecular formula is C16H15BrN4O2. The summed E-state index contributed by atoms with van der Waals surface area (Å²) < 4.78 is 6.23. The Kier molecular flexibility index (Phi) is 3.35. The molecule has 6 nitrogen and oxygen atoms in total. The van der Waals surface area contributed by atoms with Crippen LogP contribution in [-0.4, -0.2) is 15.1 Å². The number of benzene rings is 1. The molecule has 23 heavy (non-hydrogen) atoms. The molecule has 1 fully saturated rings. The van der Waals surface area contributed by atoms with Gasteiger partial charge in [-0.05, 0) is 34.8 Å². The molecule has 118 valence electrons. The van der Waals surface area contributed by atoms with Crippen LogP contribution in [0.25, 0.3) is 22.4 Å². The van der Waals surface area contributed by atoms with Crippen molar-refractivity contribution < 1.29 is 4.52 Å². The molecule has 0 unspecified atom stereocenters. The second kappa shape index (κ2) is 5.28. The predicted octanol–water partition coefficient (Wildman–Crippen LogP) is 3.07. The van der Waals surface area contributed by atoms with Gasteiger partial charge in [0.05, 0.1) is 16.6 Å². The average molecular weight is 375 g/mol. The van der Waals surface area contributed by atoms with Gasteiger partial charge in [0.15, 0.2) is 5.82 Å². The number of para-hydroxylation sites is 1. The maximum absolute atomic E-state index is 12.0. The summed E-state index contributed by atoms with van der Waals surface area (Å²) in [5.74, 6) is 0.847.